The number of hydrogen-bond acceptors (Lipinski definition) is 5. The van der Waals surface area contributed by atoms with Crippen LogP contribution in [-0.2, 0) is 0 Å². The number of nitrogens with one attached hydrogen (secondary N) is 1. The molecule has 0 spiro atoms. The van der Waals surface area contributed by atoms with E-state index in [2.05, 4.69) is 10.3 Å². The molecule has 0 aliphatic rings. The molecule has 0 amide bonds. The summed E-state index contributed by atoms with van der Waals surface area (Å²) in [5, 5.41) is 13.9. The van der Waals surface area contributed by atoms with E-state index >= 15 is 0 Å². The van der Waals surface area contributed by atoms with Crippen LogP contribution >= 0.6 is 11.3 Å². The van der Waals surface area contributed by atoms with Gasteiger partial charge in [0.1, 0.15) is 6.20 Å². The lowest BCUT2D eigenvalue weighted by molar-refractivity contribution is -0.380. The van der Waals surface area contributed by atoms with Gasteiger partial charge in [0, 0.05) is 6.54 Å². The van der Waals surface area contributed by atoms with Crippen molar-refractivity contribution in [2.24, 2.45) is 0 Å². The highest BCUT2D eigenvalue weighted by Crippen LogP contribution is 2.24. The van der Waals surface area contributed by atoms with Crippen LogP contribution in [0.25, 0.3) is 0 Å². The highest BCUT2D eigenvalue weighted by molar-refractivity contribution is 7.18. The first-order valence-electron chi connectivity index (χ1n) is 4.23. The van der Waals surface area contributed by atoms with Gasteiger partial charge in [-0.05, 0) is 17.8 Å². The Morgan fingerprint density at radius 1 is 1.71 bits per heavy atom. The molecule has 0 aliphatic carbocycles. The van der Waals surface area contributed by atoms with Crippen molar-refractivity contribution in [3.05, 3.63) is 28.5 Å². The molecule has 0 saturated carbocycles. The van der Waals surface area contributed by atoms with Gasteiger partial charge in [-0.3, -0.25) is 10.1 Å². The molecule has 0 aromatic carbocycles. The first kappa shape index (κ1) is 10.6. The molecule has 76 valence electrons. The van der Waals surface area contributed by atoms with Crippen LogP contribution in [0.2, 0.25) is 0 Å². The molecule has 1 heterocycles. The summed E-state index contributed by atoms with van der Waals surface area (Å²) in [6.45, 7) is 2.70. The molecule has 0 saturated heterocycles. The van der Waals surface area contributed by atoms with Crippen LogP contribution in [0.15, 0.2) is 18.3 Å². The number of thiazole rings is 1. The number of rotatable bonds is 5. The third-order valence-electron chi connectivity index (χ3n) is 1.45. The minimum absolute atomic E-state index is 0.0620. The van der Waals surface area contributed by atoms with Gasteiger partial charge in [0.2, 0.25) is 0 Å². The van der Waals surface area contributed by atoms with Gasteiger partial charge in [-0.1, -0.05) is 19.1 Å². The van der Waals surface area contributed by atoms with Gasteiger partial charge >= 0.3 is 5.00 Å². The molecule has 1 aromatic heterocycles. The maximum absolute atomic E-state index is 10.3. The molecule has 14 heavy (non-hydrogen) atoms. The molecule has 0 aliphatic heterocycles. The van der Waals surface area contributed by atoms with E-state index in [0.717, 1.165) is 17.8 Å². The minimum Gasteiger partial charge on any atom is -0.358 e. The summed E-state index contributed by atoms with van der Waals surface area (Å²) in [4.78, 5) is 13.8. The minimum atomic E-state index is -0.440. The second-order valence-electron chi connectivity index (χ2n) is 2.52. The number of nitro groups is 1. The number of allylic oxidation sites excluding steroid dienone is 1. The molecule has 0 fully saturated rings. The number of hydrogen-bond donors (Lipinski definition) is 1. The molecule has 6 heteroatoms. The fraction of sp³-hybridized carbons (Fsp3) is 0.375. The summed E-state index contributed by atoms with van der Waals surface area (Å²) in [5.41, 5.74) is 0. The zero-order chi connectivity index (χ0) is 10.4. The first-order chi connectivity index (χ1) is 6.74. The highest BCUT2D eigenvalue weighted by atomic mass is 32.1. The van der Waals surface area contributed by atoms with E-state index in [9.17, 15) is 10.1 Å². The Morgan fingerprint density at radius 3 is 3.07 bits per heavy atom. The van der Waals surface area contributed by atoms with E-state index in [-0.39, 0.29) is 5.00 Å². The molecule has 5 nitrogen and oxygen atoms in total. The number of nitrogens with zero attached hydrogens (tertiary/aromatic N) is 2. The fourth-order valence-electron chi connectivity index (χ4n) is 0.828. The molecule has 1 aromatic rings. The van der Waals surface area contributed by atoms with E-state index in [4.69, 9.17) is 0 Å². The summed E-state index contributed by atoms with van der Waals surface area (Å²) in [7, 11) is 0. The SMILES string of the molecule is CC/C=C/CNc1ncc([N+](=O)[O-])s1. The van der Waals surface area contributed by atoms with Crippen molar-refractivity contribution in [1.29, 1.82) is 0 Å². The van der Waals surface area contributed by atoms with Gasteiger partial charge in [0.25, 0.3) is 0 Å². The highest BCUT2D eigenvalue weighted by Gasteiger charge is 2.09. The van der Waals surface area contributed by atoms with Crippen LogP contribution in [0, 0.1) is 10.1 Å². The maximum Gasteiger partial charge on any atom is 0.345 e. The van der Waals surface area contributed by atoms with Crippen molar-refractivity contribution in [3.8, 4) is 0 Å². The van der Waals surface area contributed by atoms with E-state index in [0.29, 0.717) is 11.7 Å². The standard InChI is InChI=1S/C8H11N3O2S/c1-2-3-4-5-9-8-10-6-7(14-8)11(12)13/h3-4,6H,2,5H2,1H3,(H,9,10)/b4-3+. The van der Waals surface area contributed by atoms with Gasteiger partial charge in [-0.25, -0.2) is 4.98 Å². The van der Waals surface area contributed by atoms with Gasteiger partial charge in [0.15, 0.2) is 5.13 Å². The zero-order valence-corrected chi connectivity index (χ0v) is 8.58. The normalized spacial score (nSPS) is 10.6. The third-order valence-corrected chi connectivity index (χ3v) is 2.35. The fourth-order valence-corrected chi connectivity index (χ4v) is 1.47. The van der Waals surface area contributed by atoms with Gasteiger partial charge in [0.05, 0.1) is 4.92 Å². The van der Waals surface area contributed by atoms with Gasteiger partial charge < -0.3 is 5.32 Å². The van der Waals surface area contributed by atoms with Crippen LogP contribution in [0.4, 0.5) is 10.1 Å². The topological polar surface area (TPSA) is 68.1 Å². The Balaban J connectivity index is 2.44. The predicted octanol–water partition coefficient (Wildman–Crippen LogP) is 2.43. The Bertz CT molecular complexity index is 335. The Morgan fingerprint density at radius 2 is 2.50 bits per heavy atom. The Labute approximate surface area is 85.6 Å². The predicted molar refractivity (Wildman–Crippen MR) is 56.7 cm³/mol. The average Bonchev–Trinajstić information content (AvgIpc) is 2.61. The quantitative estimate of drug-likeness (QED) is 0.463. The van der Waals surface area contributed by atoms with E-state index in [1.165, 1.54) is 6.20 Å². The van der Waals surface area contributed by atoms with Crippen molar-refractivity contribution < 1.29 is 4.92 Å². The largest absolute Gasteiger partial charge is 0.358 e. The lowest BCUT2D eigenvalue weighted by atomic mass is 10.4. The lowest BCUT2D eigenvalue weighted by Crippen LogP contribution is -1.96. The smallest absolute Gasteiger partial charge is 0.345 e. The summed E-state index contributed by atoms with van der Waals surface area (Å²) in [5.74, 6) is 0. The van der Waals surface area contributed by atoms with Gasteiger partial charge in [-0.15, -0.1) is 0 Å². The molecule has 0 radical (unpaired) electrons. The van der Waals surface area contributed by atoms with E-state index in [1.807, 2.05) is 19.1 Å². The Hall–Kier alpha value is -1.43. The van der Waals surface area contributed by atoms with Crippen LogP contribution in [0.1, 0.15) is 13.3 Å². The lowest BCUT2D eigenvalue weighted by Gasteiger charge is -1.94. The third kappa shape index (κ3) is 3.14. The van der Waals surface area contributed by atoms with Crippen molar-refractivity contribution in [3.63, 3.8) is 0 Å². The van der Waals surface area contributed by atoms with Crippen molar-refractivity contribution >= 4 is 21.5 Å². The zero-order valence-electron chi connectivity index (χ0n) is 7.77. The van der Waals surface area contributed by atoms with Crippen molar-refractivity contribution in [2.45, 2.75) is 13.3 Å². The van der Waals surface area contributed by atoms with Gasteiger partial charge in [-0.2, -0.15) is 0 Å². The summed E-state index contributed by atoms with van der Waals surface area (Å²) in [6.07, 6.45) is 6.23. The molecule has 0 unspecified atom stereocenters. The monoisotopic (exact) mass is 213 g/mol. The summed E-state index contributed by atoms with van der Waals surface area (Å²) in [6, 6.07) is 0. The van der Waals surface area contributed by atoms with Crippen LogP contribution in [0.3, 0.4) is 0 Å². The van der Waals surface area contributed by atoms with Crippen molar-refractivity contribution in [2.75, 3.05) is 11.9 Å². The molecular formula is C8H11N3O2S. The van der Waals surface area contributed by atoms with E-state index in [1.54, 1.807) is 0 Å². The summed E-state index contributed by atoms with van der Waals surface area (Å²) >= 11 is 1.04. The maximum atomic E-state index is 10.3. The summed E-state index contributed by atoms with van der Waals surface area (Å²) < 4.78 is 0. The second kappa shape index (κ2) is 5.33. The number of anilines is 1. The number of aromatic nitrogens is 1. The molecular weight excluding hydrogens is 202 g/mol. The average molecular weight is 213 g/mol. The van der Waals surface area contributed by atoms with Crippen LogP contribution in [0.5, 0.6) is 0 Å². The molecule has 0 atom stereocenters. The van der Waals surface area contributed by atoms with Crippen LogP contribution < -0.4 is 5.32 Å². The van der Waals surface area contributed by atoms with E-state index < -0.39 is 4.92 Å². The van der Waals surface area contributed by atoms with Crippen molar-refractivity contribution in [1.82, 2.24) is 4.98 Å². The molecule has 1 N–H and O–H groups in total. The molecule has 0 bridgehead atoms. The van der Waals surface area contributed by atoms with Crippen LogP contribution in [-0.4, -0.2) is 16.5 Å². The second-order valence-corrected chi connectivity index (χ2v) is 3.53. The molecule has 1 rings (SSSR count). The first-order valence-corrected chi connectivity index (χ1v) is 5.04. The Kier molecular flexibility index (Phi) is 4.06.